The molecule has 0 aromatic carbocycles. The molecular weight excluding hydrogens is 314 g/mol. The molecule has 0 saturated carbocycles. The second kappa shape index (κ2) is 7.03. The summed E-state index contributed by atoms with van der Waals surface area (Å²) in [5.74, 6) is 0.824. The van der Waals surface area contributed by atoms with E-state index in [2.05, 4.69) is 11.0 Å². The Bertz CT molecular complexity index is 706. The Labute approximate surface area is 150 Å². The first-order chi connectivity index (χ1) is 12.0. The molecule has 1 aliphatic carbocycles. The quantitative estimate of drug-likeness (QED) is 0.790. The minimum atomic E-state index is -0.533. The standard InChI is InChI=1S/C20H27N3O2/c1-20(2,19(24)25-3)16-8-6-10-23(13-16)18-15(12-21)11-14-7-4-5-9-17(14)22-18/h11,16H,4-10,13H2,1-3H3. The normalized spacial score (nSPS) is 20.6. The van der Waals surface area contributed by atoms with E-state index in [1.165, 1.54) is 25.5 Å². The van der Waals surface area contributed by atoms with Crippen LogP contribution in [0.2, 0.25) is 0 Å². The molecule has 1 fully saturated rings. The molecule has 0 N–H and O–H groups in total. The molecule has 5 nitrogen and oxygen atoms in total. The summed E-state index contributed by atoms with van der Waals surface area (Å²) in [6.07, 6.45) is 6.36. The number of methoxy groups -OCH3 is 1. The first-order valence-electron chi connectivity index (χ1n) is 9.23. The molecule has 0 amide bonds. The average molecular weight is 341 g/mol. The lowest BCUT2D eigenvalue weighted by atomic mass is 9.74. The number of hydrogen-bond donors (Lipinski definition) is 0. The molecule has 1 unspecified atom stereocenters. The number of carbonyl (C=O) groups is 1. The maximum atomic E-state index is 12.2. The van der Waals surface area contributed by atoms with Crippen LogP contribution in [-0.4, -0.2) is 31.2 Å². The van der Waals surface area contributed by atoms with Crippen molar-refractivity contribution in [3.8, 4) is 6.07 Å². The van der Waals surface area contributed by atoms with Gasteiger partial charge in [-0.2, -0.15) is 5.26 Å². The van der Waals surface area contributed by atoms with Crippen molar-refractivity contribution in [1.29, 1.82) is 5.26 Å². The maximum absolute atomic E-state index is 12.2. The number of nitrogens with zero attached hydrogens (tertiary/aromatic N) is 3. The van der Waals surface area contributed by atoms with Gasteiger partial charge in [-0.05, 0) is 69.9 Å². The van der Waals surface area contributed by atoms with Gasteiger partial charge in [-0.25, -0.2) is 4.98 Å². The van der Waals surface area contributed by atoms with E-state index in [0.29, 0.717) is 5.56 Å². The van der Waals surface area contributed by atoms with Crippen LogP contribution < -0.4 is 4.90 Å². The van der Waals surface area contributed by atoms with Crippen molar-refractivity contribution < 1.29 is 9.53 Å². The summed E-state index contributed by atoms with van der Waals surface area (Å²) in [5.41, 5.74) is 2.51. The molecule has 1 saturated heterocycles. The third-order valence-corrected chi connectivity index (χ3v) is 5.85. The Morgan fingerprint density at radius 3 is 2.84 bits per heavy atom. The summed E-state index contributed by atoms with van der Waals surface area (Å²) in [7, 11) is 1.45. The molecule has 0 bridgehead atoms. The van der Waals surface area contributed by atoms with E-state index in [9.17, 15) is 10.1 Å². The lowest BCUT2D eigenvalue weighted by molar-refractivity contribution is -0.154. The van der Waals surface area contributed by atoms with Crippen LogP contribution in [-0.2, 0) is 22.4 Å². The summed E-state index contributed by atoms with van der Waals surface area (Å²) < 4.78 is 5.00. The van der Waals surface area contributed by atoms with E-state index in [1.807, 2.05) is 19.9 Å². The van der Waals surface area contributed by atoms with Gasteiger partial charge in [-0.1, -0.05) is 0 Å². The fourth-order valence-corrected chi connectivity index (χ4v) is 4.13. The second-order valence-corrected chi connectivity index (χ2v) is 7.78. The van der Waals surface area contributed by atoms with Crippen molar-refractivity contribution in [3.05, 3.63) is 22.9 Å². The van der Waals surface area contributed by atoms with Gasteiger partial charge in [-0.3, -0.25) is 4.79 Å². The van der Waals surface area contributed by atoms with Crippen molar-refractivity contribution >= 4 is 11.8 Å². The van der Waals surface area contributed by atoms with E-state index < -0.39 is 5.41 Å². The highest BCUT2D eigenvalue weighted by Gasteiger charge is 2.40. The van der Waals surface area contributed by atoms with Crippen molar-refractivity contribution in [2.75, 3.05) is 25.1 Å². The van der Waals surface area contributed by atoms with Crippen molar-refractivity contribution in [1.82, 2.24) is 4.98 Å². The van der Waals surface area contributed by atoms with E-state index in [4.69, 9.17) is 9.72 Å². The van der Waals surface area contributed by atoms with Crippen LogP contribution in [0.1, 0.15) is 56.4 Å². The number of pyridine rings is 1. The highest BCUT2D eigenvalue weighted by atomic mass is 16.5. The number of carbonyl (C=O) groups excluding carboxylic acids is 1. The molecule has 1 atom stereocenters. The summed E-state index contributed by atoms with van der Waals surface area (Å²) >= 11 is 0. The Morgan fingerprint density at radius 2 is 2.12 bits per heavy atom. The molecule has 5 heteroatoms. The fraction of sp³-hybridized carbons (Fsp3) is 0.650. The number of anilines is 1. The van der Waals surface area contributed by atoms with Gasteiger partial charge in [0.15, 0.2) is 0 Å². The van der Waals surface area contributed by atoms with E-state index in [1.54, 1.807) is 0 Å². The summed E-state index contributed by atoms with van der Waals surface area (Å²) in [6.45, 7) is 5.54. The Balaban J connectivity index is 1.89. The molecular formula is C20H27N3O2. The summed E-state index contributed by atoms with van der Waals surface area (Å²) in [5, 5.41) is 9.61. The second-order valence-electron chi connectivity index (χ2n) is 7.78. The number of nitriles is 1. The van der Waals surface area contributed by atoms with E-state index in [-0.39, 0.29) is 11.9 Å². The Kier molecular flexibility index (Phi) is 4.99. The summed E-state index contributed by atoms with van der Waals surface area (Å²) in [6, 6.07) is 4.37. The Hall–Kier alpha value is -2.09. The molecule has 1 aromatic heterocycles. The minimum absolute atomic E-state index is 0.168. The SMILES string of the molecule is COC(=O)C(C)(C)C1CCCN(c2nc3c(cc2C#N)CCCC3)C1. The zero-order valence-electron chi connectivity index (χ0n) is 15.5. The number of ether oxygens (including phenoxy) is 1. The average Bonchev–Trinajstić information content (AvgIpc) is 2.66. The van der Waals surface area contributed by atoms with Gasteiger partial charge in [0, 0.05) is 18.8 Å². The molecule has 2 aliphatic rings. The fourth-order valence-electron chi connectivity index (χ4n) is 4.13. The van der Waals surface area contributed by atoms with Crippen molar-refractivity contribution in [2.24, 2.45) is 11.3 Å². The van der Waals surface area contributed by atoms with E-state index >= 15 is 0 Å². The van der Waals surface area contributed by atoms with Crippen LogP contribution in [0.5, 0.6) is 0 Å². The number of hydrogen-bond acceptors (Lipinski definition) is 5. The first-order valence-corrected chi connectivity index (χ1v) is 9.23. The van der Waals surface area contributed by atoms with Gasteiger partial charge in [0.1, 0.15) is 11.9 Å². The monoisotopic (exact) mass is 341 g/mol. The predicted molar refractivity (Wildman–Crippen MR) is 96.3 cm³/mol. The third kappa shape index (κ3) is 3.35. The molecule has 1 aromatic rings. The minimum Gasteiger partial charge on any atom is -0.469 e. The number of esters is 1. The van der Waals surface area contributed by atoms with Crippen LogP contribution >= 0.6 is 0 Å². The largest absolute Gasteiger partial charge is 0.469 e. The van der Waals surface area contributed by atoms with Crippen LogP contribution in [0.15, 0.2) is 6.07 Å². The summed E-state index contributed by atoms with van der Waals surface area (Å²) in [4.78, 5) is 19.3. The maximum Gasteiger partial charge on any atom is 0.311 e. The van der Waals surface area contributed by atoms with Gasteiger partial charge >= 0.3 is 5.97 Å². The lowest BCUT2D eigenvalue weighted by Gasteiger charge is -2.40. The van der Waals surface area contributed by atoms with Crippen LogP contribution in [0, 0.1) is 22.7 Å². The topological polar surface area (TPSA) is 66.2 Å². The molecule has 0 radical (unpaired) electrons. The van der Waals surface area contributed by atoms with Crippen LogP contribution in [0.3, 0.4) is 0 Å². The highest BCUT2D eigenvalue weighted by molar-refractivity contribution is 5.76. The van der Waals surface area contributed by atoms with Crippen molar-refractivity contribution in [2.45, 2.75) is 52.4 Å². The van der Waals surface area contributed by atoms with Gasteiger partial charge in [0.2, 0.25) is 0 Å². The first kappa shape index (κ1) is 17.7. The molecule has 2 heterocycles. The predicted octanol–water partition coefficient (Wildman–Crippen LogP) is 3.25. The van der Waals surface area contributed by atoms with Crippen molar-refractivity contribution in [3.63, 3.8) is 0 Å². The van der Waals surface area contributed by atoms with Gasteiger partial charge < -0.3 is 9.64 Å². The van der Waals surface area contributed by atoms with Crippen LogP contribution in [0.4, 0.5) is 5.82 Å². The van der Waals surface area contributed by atoms with Gasteiger partial charge in [0.25, 0.3) is 0 Å². The zero-order chi connectivity index (χ0) is 18.0. The Morgan fingerprint density at radius 1 is 1.36 bits per heavy atom. The van der Waals surface area contributed by atoms with Crippen LogP contribution in [0.25, 0.3) is 0 Å². The lowest BCUT2D eigenvalue weighted by Crippen LogP contribution is -2.45. The highest BCUT2D eigenvalue weighted by Crippen LogP contribution is 2.37. The third-order valence-electron chi connectivity index (χ3n) is 5.85. The molecule has 0 spiro atoms. The van der Waals surface area contributed by atoms with E-state index in [0.717, 1.165) is 50.3 Å². The number of aromatic nitrogens is 1. The zero-order valence-corrected chi connectivity index (χ0v) is 15.5. The molecule has 1 aliphatic heterocycles. The molecule has 3 rings (SSSR count). The molecule has 134 valence electrons. The molecule has 25 heavy (non-hydrogen) atoms. The number of rotatable bonds is 3. The van der Waals surface area contributed by atoms with Gasteiger partial charge in [0.05, 0.1) is 18.1 Å². The number of aryl methyl sites for hydroxylation is 2. The smallest absolute Gasteiger partial charge is 0.311 e. The van der Waals surface area contributed by atoms with Gasteiger partial charge in [-0.15, -0.1) is 0 Å². The number of fused-ring (bicyclic) bond motifs is 1. The number of piperidine rings is 1.